The summed E-state index contributed by atoms with van der Waals surface area (Å²) >= 11 is 0. The molecule has 2 heteroatoms. The number of hydrogen-bond donors (Lipinski definition) is 0. The SMILES string of the molecule is c1ccc(-c2cccc(-c3cccc(N(c4ccc(-c5ccc6ccccc6c5)cc4)c4cccc5c4oc4ccccc45)c3)c2)cc1. The van der Waals surface area contributed by atoms with Gasteiger partial charge in [-0.2, -0.15) is 0 Å². The zero-order valence-corrected chi connectivity index (χ0v) is 26.3. The van der Waals surface area contributed by atoms with Gasteiger partial charge in [0.2, 0.25) is 0 Å². The fraction of sp³-hybridized carbons (Fsp3) is 0. The molecule has 1 heterocycles. The molecule has 9 aromatic rings. The maximum Gasteiger partial charge on any atom is 0.159 e. The third-order valence-corrected chi connectivity index (χ3v) is 9.24. The van der Waals surface area contributed by atoms with Crippen LogP contribution >= 0.6 is 0 Å². The Labute approximate surface area is 279 Å². The summed E-state index contributed by atoms with van der Waals surface area (Å²) in [6.45, 7) is 0. The Bertz CT molecular complexity index is 2560. The van der Waals surface area contributed by atoms with Gasteiger partial charge in [0.25, 0.3) is 0 Å². The predicted octanol–water partition coefficient (Wildman–Crippen LogP) is 13.2. The van der Waals surface area contributed by atoms with Gasteiger partial charge in [0.15, 0.2) is 5.58 Å². The first-order chi connectivity index (χ1) is 23.8. The summed E-state index contributed by atoms with van der Waals surface area (Å²) in [5.74, 6) is 0. The Morgan fingerprint density at radius 3 is 1.77 bits per heavy atom. The van der Waals surface area contributed by atoms with E-state index in [1.807, 2.05) is 12.1 Å². The van der Waals surface area contributed by atoms with E-state index in [-0.39, 0.29) is 0 Å². The predicted molar refractivity (Wildman–Crippen MR) is 202 cm³/mol. The van der Waals surface area contributed by atoms with E-state index in [4.69, 9.17) is 4.42 Å². The molecule has 0 amide bonds. The Kier molecular flexibility index (Phi) is 6.84. The largest absolute Gasteiger partial charge is 0.454 e. The zero-order valence-electron chi connectivity index (χ0n) is 26.3. The van der Waals surface area contributed by atoms with Crippen LogP contribution in [0.15, 0.2) is 192 Å². The maximum absolute atomic E-state index is 6.58. The van der Waals surface area contributed by atoms with Gasteiger partial charge in [-0.25, -0.2) is 0 Å². The van der Waals surface area contributed by atoms with Gasteiger partial charge in [0, 0.05) is 22.1 Å². The molecule has 0 saturated heterocycles. The number of anilines is 3. The summed E-state index contributed by atoms with van der Waals surface area (Å²) in [6.07, 6.45) is 0. The first kappa shape index (κ1) is 27.9. The lowest BCUT2D eigenvalue weighted by atomic mass is 9.98. The van der Waals surface area contributed by atoms with E-state index in [1.165, 1.54) is 38.6 Å². The van der Waals surface area contributed by atoms with E-state index in [0.717, 1.165) is 44.6 Å². The molecule has 0 aliphatic heterocycles. The fourth-order valence-electron chi connectivity index (χ4n) is 6.84. The normalized spacial score (nSPS) is 11.3. The highest BCUT2D eigenvalue weighted by atomic mass is 16.3. The van der Waals surface area contributed by atoms with E-state index in [0.29, 0.717) is 0 Å². The number of furan rings is 1. The van der Waals surface area contributed by atoms with Gasteiger partial charge in [-0.3, -0.25) is 0 Å². The summed E-state index contributed by atoms with van der Waals surface area (Å²) in [4.78, 5) is 2.32. The first-order valence-corrected chi connectivity index (χ1v) is 16.3. The van der Waals surface area contributed by atoms with Crippen LogP contribution in [0.5, 0.6) is 0 Å². The van der Waals surface area contributed by atoms with Gasteiger partial charge >= 0.3 is 0 Å². The minimum atomic E-state index is 0.869. The summed E-state index contributed by atoms with van der Waals surface area (Å²) in [5.41, 5.74) is 12.0. The number of benzene rings is 8. The van der Waals surface area contributed by atoms with Crippen molar-refractivity contribution in [3.05, 3.63) is 188 Å². The highest BCUT2D eigenvalue weighted by molar-refractivity contribution is 6.10. The molecule has 0 unspecified atom stereocenters. The minimum Gasteiger partial charge on any atom is -0.454 e. The number of fused-ring (bicyclic) bond motifs is 4. The molecule has 226 valence electrons. The monoisotopic (exact) mass is 613 g/mol. The van der Waals surface area contributed by atoms with Crippen molar-refractivity contribution in [2.24, 2.45) is 0 Å². The van der Waals surface area contributed by atoms with Crippen LogP contribution in [0.3, 0.4) is 0 Å². The summed E-state index contributed by atoms with van der Waals surface area (Å²) in [5, 5.41) is 4.71. The molecule has 0 atom stereocenters. The molecule has 48 heavy (non-hydrogen) atoms. The molecule has 8 aromatic carbocycles. The summed E-state index contributed by atoms with van der Waals surface area (Å²) in [6, 6.07) is 66.9. The second kappa shape index (κ2) is 11.8. The quantitative estimate of drug-likeness (QED) is 0.185. The topological polar surface area (TPSA) is 16.4 Å². The van der Waals surface area contributed by atoms with Crippen molar-refractivity contribution in [3.8, 4) is 33.4 Å². The van der Waals surface area contributed by atoms with Crippen molar-refractivity contribution in [3.63, 3.8) is 0 Å². The third kappa shape index (κ3) is 5.01. The number of hydrogen-bond acceptors (Lipinski definition) is 2. The van der Waals surface area contributed by atoms with E-state index in [1.54, 1.807) is 0 Å². The van der Waals surface area contributed by atoms with E-state index in [2.05, 4.69) is 181 Å². The second-order valence-corrected chi connectivity index (χ2v) is 12.2. The van der Waals surface area contributed by atoms with Crippen LogP contribution in [0.25, 0.3) is 66.1 Å². The highest BCUT2D eigenvalue weighted by Crippen LogP contribution is 2.43. The third-order valence-electron chi connectivity index (χ3n) is 9.24. The molecule has 0 bridgehead atoms. The number of rotatable bonds is 6. The van der Waals surface area contributed by atoms with Crippen LogP contribution in [-0.4, -0.2) is 0 Å². The van der Waals surface area contributed by atoms with Gasteiger partial charge in [0.05, 0.1) is 5.69 Å². The van der Waals surface area contributed by atoms with Gasteiger partial charge < -0.3 is 9.32 Å². The van der Waals surface area contributed by atoms with Crippen LogP contribution < -0.4 is 4.90 Å². The van der Waals surface area contributed by atoms with E-state index >= 15 is 0 Å². The molecule has 0 N–H and O–H groups in total. The van der Waals surface area contributed by atoms with Crippen LogP contribution in [0.4, 0.5) is 17.1 Å². The van der Waals surface area contributed by atoms with Crippen LogP contribution in [-0.2, 0) is 0 Å². The Balaban J connectivity index is 1.18. The van der Waals surface area contributed by atoms with Crippen LogP contribution in [0, 0.1) is 0 Å². The van der Waals surface area contributed by atoms with Crippen molar-refractivity contribution in [2.75, 3.05) is 4.90 Å². The lowest BCUT2D eigenvalue weighted by Gasteiger charge is -2.26. The second-order valence-electron chi connectivity index (χ2n) is 12.2. The molecule has 1 aromatic heterocycles. The van der Waals surface area contributed by atoms with Crippen molar-refractivity contribution in [1.29, 1.82) is 0 Å². The zero-order chi connectivity index (χ0) is 31.9. The average molecular weight is 614 g/mol. The molecule has 2 nitrogen and oxygen atoms in total. The van der Waals surface area contributed by atoms with Crippen molar-refractivity contribution < 1.29 is 4.42 Å². The maximum atomic E-state index is 6.58. The average Bonchev–Trinajstić information content (AvgIpc) is 3.55. The fourth-order valence-corrected chi connectivity index (χ4v) is 6.84. The highest BCUT2D eigenvalue weighted by Gasteiger charge is 2.20. The standard InChI is InChI=1S/C46H31NO/c1-2-11-32(12-3-1)36-15-8-16-37(29-36)38-17-9-18-41(31-38)47(44-21-10-20-43-42-19-6-7-22-45(42)48-46(43)44)40-27-25-34(26-28-40)39-24-23-33-13-4-5-14-35(33)30-39/h1-31H. The van der Waals surface area contributed by atoms with Gasteiger partial charge in [-0.05, 0) is 92.7 Å². The van der Waals surface area contributed by atoms with E-state index < -0.39 is 0 Å². The van der Waals surface area contributed by atoms with Gasteiger partial charge in [0.1, 0.15) is 5.58 Å². The van der Waals surface area contributed by atoms with E-state index in [9.17, 15) is 0 Å². The molecule has 0 aliphatic carbocycles. The molecule has 0 spiro atoms. The van der Waals surface area contributed by atoms with Crippen molar-refractivity contribution in [1.82, 2.24) is 0 Å². The van der Waals surface area contributed by atoms with Crippen LogP contribution in [0.1, 0.15) is 0 Å². The Morgan fingerprint density at radius 1 is 0.333 bits per heavy atom. The van der Waals surface area contributed by atoms with Gasteiger partial charge in [-0.15, -0.1) is 0 Å². The lowest BCUT2D eigenvalue weighted by molar-refractivity contribution is 0.669. The number of para-hydroxylation sites is 2. The first-order valence-electron chi connectivity index (χ1n) is 16.3. The lowest BCUT2D eigenvalue weighted by Crippen LogP contribution is -2.10. The molecular weight excluding hydrogens is 583 g/mol. The Hall–Kier alpha value is -6.38. The van der Waals surface area contributed by atoms with Crippen molar-refractivity contribution >= 4 is 49.8 Å². The molecule has 0 fully saturated rings. The summed E-state index contributed by atoms with van der Waals surface area (Å²) in [7, 11) is 0. The molecule has 0 saturated carbocycles. The molecule has 9 rings (SSSR count). The summed E-state index contributed by atoms with van der Waals surface area (Å²) < 4.78 is 6.58. The molecule has 0 radical (unpaired) electrons. The molecular formula is C46H31NO. The Morgan fingerprint density at radius 2 is 0.917 bits per heavy atom. The van der Waals surface area contributed by atoms with Gasteiger partial charge in [-0.1, -0.05) is 140 Å². The van der Waals surface area contributed by atoms with Crippen molar-refractivity contribution in [2.45, 2.75) is 0 Å². The number of nitrogens with zero attached hydrogens (tertiary/aromatic N) is 1. The molecule has 0 aliphatic rings. The van der Waals surface area contributed by atoms with Crippen LogP contribution in [0.2, 0.25) is 0 Å². The smallest absolute Gasteiger partial charge is 0.159 e. The minimum absolute atomic E-state index is 0.869.